The highest BCUT2D eigenvalue weighted by molar-refractivity contribution is 9.10. The maximum atomic E-state index is 5.89. The fraction of sp³-hybridized carbons (Fsp3) is 0.467. The molecule has 1 atom stereocenters. The Labute approximate surface area is 116 Å². The van der Waals surface area contributed by atoms with Crippen molar-refractivity contribution in [2.75, 3.05) is 6.54 Å². The Hall–Kier alpha value is -0.800. The Kier molecular flexibility index (Phi) is 3.44. The number of hydrogen-bond donors (Lipinski definition) is 1. The van der Waals surface area contributed by atoms with Crippen LogP contribution in [0.2, 0.25) is 0 Å². The molecule has 1 fully saturated rings. The topological polar surface area (TPSA) is 25.2 Å². The molecule has 1 saturated carbocycles. The maximum absolute atomic E-state index is 5.89. The van der Waals surface area contributed by atoms with Gasteiger partial charge in [-0.05, 0) is 56.5 Å². The summed E-state index contributed by atoms with van der Waals surface area (Å²) >= 11 is 3.49. The Bertz CT molecular complexity index is 544. The second-order valence-electron chi connectivity index (χ2n) is 5.26. The van der Waals surface area contributed by atoms with Crippen molar-refractivity contribution in [3.63, 3.8) is 0 Å². The lowest BCUT2D eigenvalue weighted by atomic mass is 9.85. The molecular weight excluding hydrogens is 290 g/mol. The van der Waals surface area contributed by atoms with Crippen molar-refractivity contribution in [1.82, 2.24) is 5.32 Å². The molecule has 1 aliphatic rings. The summed E-state index contributed by atoms with van der Waals surface area (Å²) in [5, 5.41) is 4.73. The van der Waals surface area contributed by atoms with Gasteiger partial charge in [0.25, 0.3) is 0 Å². The van der Waals surface area contributed by atoms with E-state index < -0.39 is 0 Å². The Morgan fingerprint density at radius 3 is 2.94 bits per heavy atom. The van der Waals surface area contributed by atoms with Crippen molar-refractivity contribution in [3.05, 3.63) is 34.5 Å². The van der Waals surface area contributed by atoms with Crippen LogP contribution in [0.4, 0.5) is 0 Å². The predicted octanol–water partition coefficient (Wildman–Crippen LogP) is 4.65. The number of nitrogens with one attached hydrogen (secondary N) is 1. The summed E-state index contributed by atoms with van der Waals surface area (Å²) in [6, 6.07) is 8.56. The number of fused-ring (bicyclic) bond motifs is 1. The molecule has 0 aliphatic heterocycles. The maximum Gasteiger partial charge on any atom is 0.134 e. The van der Waals surface area contributed by atoms with Gasteiger partial charge in [0, 0.05) is 9.86 Å². The normalized spacial score (nSPS) is 17.9. The lowest BCUT2D eigenvalue weighted by Gasteiger charge is -2.26. The van der Waals surface area contributed by atoms with Crippen molar-refractivity contribution in [2.45, 2.75) is 32.2 Å². The molecule has 1 heterocycles. The van der Waals surface area contributed by atoms with Gasteiger partial charge in [-0.15, -0.1) is 0 Å². The number of hydrogen-bond acceptors (Lipinski definition) is 2. The summed E-state index contributed by atoms with van der Waals surface area (Å²) in [7, 11) is 0. The minimum absolute atomic E-state index is 0.289. The van der Waals surface area contributed by atoms with Crippen molar-refractivity contribution in [1.29, 1.82) is 0 Å². The largest absolute Gasteiger partial charge is 0.459 e. The van der Waals surface area contributed by atoms with Crippen LogP contribution in [0.1, 0.15) is 38.0 Å². The van der Waals surface area contributed by atoms with Gasteiger partial charge in [-0.2, -0.15) is 0 Å². The Balaban J connectivity index is 1.72. The molecule has 18 heavy (non-hydrogen) atoms. The van der Waals surface area contributed by atoms with Crippen molar-refractivity contribution in [2.24, 2.45) is 5.92 Å². The first-order valence-electron chi connectivity index (χ1n) is 6.65. The van der Waals surface area contributed by atoms with Gasteiger partial charge in [-0.1, -0.05) is 22.4 Å². The zero-order valence-corrected chi connectivity index (χ0v) is 12.2. The van der Waals surface area contributed by atoms with Gasteiger partial charge in [0.05, 0.1) is 6.04 Å². The van der Waals surface area contributed by atoms with E-state index in [1.807, 2.05) is 12.1 Å². The van der Waals surface area contributed by atoms with Crippen LogP contribution in [0.5, 0.6) is 0 Å². The highest BCUT2D eigenvalue weighted by Crippen LogP contribution is 2.28. The fourth-order valence-corrected chi connectivity index (χ4v) is 2.77. The molecule has 2 nitrogen and oxygen atoms in total. The Morgan fingerprint density at radius 2 is 2.22 bits per heavy atom. The third-order valence-corrected chi connectivity index (χ3v) is 4.35. The standard InChI is InChI=1S/C15H18BrNO/c1-10(17-9-11-3-2-4-11)15-8-12-7-13(16)5-6-14(12)18-15/h5-8,10-11,17H,2-4,9H2,1H3. The molecule has 1 N–H and O–H groups in total. The number of rotatable bonds is 4. The van der Waals surface area contributed by atoms with Crippen LogP contribution >= 0.6 is 15.9 Å². The molecule has 0 spiro atoms. The van der Waals surface area contributed by atoms with Gasteiger partial charge >= 0.3 is 0 Å². The first kappa shape index (κ1) is 12.2. The van der Waals surface area contributed by atoms with Gasteiger partial charge in [-0.25, -0.2) is 0 Å². The van der Waals surface area contributed by atoms with E-state index in [2.05, 4.69) is 40.3 Å². The van der Waals surface area contributed by atoms with Gasteiger partial charge in [-0.3, -0.25) is 0 Å². The van der Waals surface area contributed by atoms with E-state index in [4.69, 9.17) is 4.42 Å². The molecule has 0 saturated heterocycles. The summed E-state index contributed by atoms with van der Waals surface area (Å²) < 4.78 is 6.98. The third kappa shape index (κ3) is 2.47. The summed E-state index contributed by atoms with van der Waals surface area (Å²) in [4.78, 5) is 0. The highest BCUT2D eigenvalue weighted by atomic mass is 79.9. The van der Waals surface area contributed by atoms with Gasteiger partial charge < -0.3 is 9.73 Å². The van der Waals surface area contributed by atoms with Gasteiger partial charge in [0.2, 0.25) is 0 Å². The van der Waals surface area contributed by atoms with Crippen molar-refractivity contribution in [3.8, 4) is 0 Å². The van der Waals surface area contributed by atoms with E-state index in [0.29, 0.717) is 0 Å². The molecule has 0 bridgehead atoms. The molecule has 3 heteroatoms. The van der Waals surface area contributed by atoms with Crippen LogP contribution in [0.15, 0.2) is 33.2 Å². The highest BCUT2D eigenvalue weighted by Gasteiger charge is 2.19. The van der Waals surface area contributed by atoms with E-state index in [1.54, 1.807) is 0 Å². The van der Waals surface area contributed by atoms with Crippen LogP contribution in [0.3, 0.4) is 0 Å². The second kappa shape index (κ2) is 5.06. The van der Waals surface area contributed by atoms with Crippen LogP contribution < -0.4 is 5.32 Å². The van der Waals surface area contributed by atoms with E-state index >= 15 is 0 Å². The smallest absolute Gasteiger partial charge is 0.134 e. The van der Waals surface area contributed by atoms with E-state index in [0.717, 1.165) is 33.7 Å². The van der Waals surface area contributed by atoms with E-state index in [9.17, 15) is 0 Å². The van der Waals surface area contributed by atoms with Crippen LogP contribution in [-0.4, -0.2) is 6.54 Å². The van der Waals surface area contributed by atoms with Crippen molar-refractivity contribution >= 4 is 26.9 Å². The lowest BCUT2D eigenvalue weighted by molar-refractivity contribution is 0.286. The zero-order chi connectivity index (χ0) is 12.5. The first-order valence-corrected chi connectivity index (χ1v) is 7.44. The number of furan rings is 1. The summed E-state index contributed by atoms with van der Waals surface area (Å²) in [6.45, 7) is 3.29. The van der Waals surface area contributed by atoms with Gasteiger partial charge in [0.15, 0.2) is 0 Å². The molecule has 3 rings (SSSR count). The minimum atomic E-state index is 0.289. The summed E-state index contributed by atoms with van der Waals surface area (Å²) in [6.07, 6.45) is 4.17. The third-order valence-electron chi connectivity index (χ3n) is 3.86. The number of benzene rings is 1. The molecule has 1 aromatic carbocycles. The molecule has 0 radical (unpaired) electrons. The quantitative estimate of drug-likeness (QED) is 0.889. The average Bonchev–Trinajstić information content (AvgIpc) is 2.69. The summed E-state index contributed by atoms with van der Waals surface area (Å²) in [5.41, 5.74) is 0.963. The molecule has 0 amide bonds. The molecule has 1 aliphatic carbocycles. The number of halogens is 1. The molecule has 1 unspecified atom stereocenters. The van der Waals surface area contributed by atoms with E-state index in [1.165, 1.54) is 19.3 Å². The molecule has 96 valence electrons. The van der Waals surface area contributed by atoms with Crippen LogP contribution in [-0.2, 0) is 0 Å². The van der Waals surface area contributed by atoms with Gasteiger partial charge in [0.1, 0.15) is 11.3 Å². The molecule has 2 aromatic rings. The Morgan fingerprint density at radius 1 is 1.39 bits per heavy atom. The first-order chi connectivity index (χ1) is 8.72. The average molecular weight is 308 g/mol. The molecule has 1 aromatic heterocycles. The summed E-state index contributed by atoms with van der Waals surface area (Å²) in [5.74, 6) is 1.91. The monoisotopic (exact) mass is 307 g/mol. The lowest BCUT2D eigenvalue weighted by Crippen LogP contribution is -2.29. The van der Waals surface area contributed by atoms with Crippen LogP contribution in [0, 0.1) is 5.92 Å². The SMILES string of the molecule is CC(NCC1CCC1)c1cc2cc(Br)ccc2o1. The zero-order valence-electron chi connectivity index (χ0n) is 10.6. The van der Waals surface area contributed by atoms with E-state index in [-0.39, 0.29) is 6.04 Å². The molecular formula is C15H18BrNO. The van der Waals surface area contributed by atoms with Crippen LogP contribution in [0.25, 0.3) is 11.0 Å². The second-order valence-corrected chi connectivity index (χ2v) is 6.17. The minimum Gasteiger partial charge on any atom is -0.459 e. The fourth-order valence-electron chi connectivity index (χ4n) is 2.39. The predicted molar refractivity (Wildman–Crippen MR) is 77.7 cm³/mol. The van der Waals surface area contributed by atoms with Crippen molar-refractivity contribution < 1.29 is 4.42 Å².